The van der Waals surface area contributed by atoms with Crippen molar-refractivity contribution >= 4 is 57.6 Å². The van der Waals surface area contributed by atoms with E-state index in [0.717, 1.165) is 9.13 Å². The van der Waals surface area contributed by atoms with Crippen LogP contribution in [0.25, 0.3) is 6.08 Å². The molecule has 10 heteroatoms. The molecule has 188 valence electrons. The van der Waals surface area contributed by atoms with E-state index < -0.39 is 12.0 Å². The van der Waals surface area contributed by atoms with Crippen molar-refractivity contribution in [3.8, 4) is 11.5 Å². The first-order valence-electron chi connectivity index (χ1n) is 11.2. The third-order valence-electron chi connectivity index (χ3n) is 5.56. The maximum atomic E-state index is 13.8. The van der Waals surface area contributed by atoms with Crippen molar-refractivity contribution in [1.82, 2.24) is 4.57 Å². The van der Waals surface area contributed by atoms with Crippen molar-refractivity contribution < 1.29 is 19.0 Å². The maximum absolute atomic E-state index is 13.8. The Morgan fingerprint density at radius 3 is 2.67 bits per heavy atom. The van der Waals surface area contributed by atoms with E-state index in [4.69, 9.17) is 25.8 Å². The molecule has 1 atom stereocenters. The van der Waals surface area contributed by atoms with Crippen molar-refractivity contribution in [3.05, 3.63) is 87.1 Å². The Hall–Kier alpha value is -2.63. The minimum absolute atomic E-state index is 0.202. The molecule has 0 amide bonds. The van der Waals surface area contributed by atoms with Crippen LogP contribution in [0.1, 0.15) is 37.9 Å². The predicted molar refractivity (Wildman–Crippen MR) is 149 cm³/mol. The minimum atomic E-state index is -0.758. The first-order chi connectivity index (χ1) is 17.3. The van der Waals surface area contributed by atoms with Crippen LogP contribution in [0.3, 0.4) is 0 Å². The van der Waals surface area contributed by atoms with Gasteiger partial charge in [0.25, 0.3) is 5.56 Å². The monoisotopic (exact) mass is 638 g/mol. The van der Waals surface area contributed by atoms with Gasteiger partial charge in [-0.2, -0.15) is 0 Å². The first-order valence-corrected chi connectivity index (χ1v) is 13.5. The van der Waals surface area contributed by atoms with Gasteiger partial charge in [-0.25, -0.2) is 9.79 Å². The predicted octanol–water partition coefficient (Wildman–Crippen LogP) is 4.46. The molecule has 1 aromatic heterocycles. The number of thiazole rings is 1. The molecule has 1 aliphatic heterocycles. The molecule has 0 radical (unpaired) electrons. The number of ether oxygens (including phenoxy) is 3. The van der Waals surface area contributed by atoms with E-state index in [-0.39, 0.29) is 12.2 Å². The summed E-state index contributed by atoms with van der Waals surface area (Å²) in [6, 6.07) is 10.2. The van der Waals surface area contributed by atoms with Gasteiger partial charge in [0.15, 0.2) is 16.3 Å². The molecule has 3 aromatic rings. The second kappa shape index (κ2) is 11.2. The van der Waals surface area contributed by atoms with Crippen LogP contribution in [-0.2, 0) is 9.53 Å². The molecule has 0 saturated heterocycles. The number of aromatic nitrogens is 1. The highest BCUT2D eigenvalue weighted by molar-refractivity contribution is 14.1. The van der Waals surface area contributed by atoms with E-state index in [1.807, 2.05) is 31.2 Å². The highest BCUT2D eigenvalue weighted by Crippen LogP contribution is 2.35. The lowest BCUT2D eigenvalue weighted by molar-refractivity contribution is -0.139. The standard InChI is InChI=1S/C26H24ClIN2O5S/c1-5-34-23-18(28)11-15(12-19(23)33-4)13-20-24(31)30-22(16-9-7-8-10-17(16)27)21(25(32)35-6-2)14(3)29-26(30)36-20/h7-13,22H,5-6H2,1-4H3/b20-13-/t22-/m1/s1. The van der Waals surface area contributed by atoms with Crippen molar-refractivity contribution in [3.63, 3.8) is 0 Å². The fraction of sp³-hybridized carbons (Fsp3) is 0.269. The lowest BCUT2D eigenvalue weighted by atomic mass is 9.96. The summed E-state index contributed by atoms with van der Waals surface area (Å²) in [6.45, 7) is 6.10. The molecule has 0 unspecified atom stereocenters. The summed E-state index contributed by atoms with van der Waals surface area (Å²) in [7, 11) is 1.58. The van der Waals surface area contributed by atoms with Gasteiger partial charge in [0.05, 0.1) is 39.7 Å². The summed E-state index contributed by atoms with van der Waals surface area (Å²) < 4.78 is 19.4. The van der Waals surface area contributed by atoms with Crippen molar-refractivity contribution in [2.45, 2.75) is 26.8 Å². The van der Waals surface area contributed by atoms with E-state index in [1.54, 1.807) is 39.2 Å². The van der Waals surface area contributed by atoms with E-state index in [0.29, 0.717) is 49.3 Å². The van der Waals surface area contributed by atoms with Crippen LogP contribution in [0, 0.1) is 3.57 Å². The molecule has 2 heterocycles. The average Bonchev–Trinajstić information content (AvgIpc) is 3.14. The Labute approximate surface area is 230 Å². The molecule has 4 rings (SSSR count). The number of hydrogen-bond acceptors (Lipinski definition) is 7. The Bertz CT molecular complexity index is 1540. The largest absolute Gasteiger partial charge is 0.493 e. The van der Waals surface area contributed by atoms with Gasteiger partial charge in [-0.15, -0.1) is 0 Å². The summed E-state index contributed by atoms with van der Waals surface area (Å²) >= 11 is 9.98. The number of benzene rings is 2. The molecule has 0 spiro atoms. The molecular formula is C26H24ClIN2O5S. The fourth-order valence-corrected chi connectivity index (χ4v) is 6.11. The number of carbonyl (C=O) groups is 1. The lowest BCUT2D eigenvalue weighted by Crippen LogP contribution is -2.40. The maximum Gasteiger partial charge on any atom is 0.338 e. The molecular weight excluding hydrogens is 615 g/mol. The highest BCUT2D eigenvalue weighted by Gasteiger charge is 2.34. The van der Waals surface area contributed by atoms with Crippen LogP contribution in [0.2, 0.25) is 5.02 Å². The van der Waals surface area contributed by atoms with Crippen LogP contribution < -0.4 is 24.4 Å². The molecule has 0 saturated carbocycles. The van der Waals surface area contributed by atoms with Gasteiger partial charge in [0, 0.05) is 5.02 Å². The molecule has 0 N–H and O–H groups in total. The summed E-state index contributed by atoms with van der Waals surface area (Å²) in [6.07, 6.45) is 1.79. The van der Waals surface area contributed by atoms with Crippen LogP contribution >= 0.6 is 45.5 Å². The molecule has 0 bridgehead atoms. The third kappa shape index (κ3) is 4.96. The number of rotatable bonds is 7. The van der Waals surface area contributed by atoms with Gasteiger partial charge >= 0.3 is 5.97 Å². The van der Waals surface area contributed by atoms with Gasteiger partial charge in [-0.05, 0) is 78.8 Å². The highest BCUT2D eigenvalue weighted by atomic mass is 127. The Morgan fingerprint density at radius 1 is 1.25 bits per heavy atom. The number of halogens is 2. The number of fused-ring (bicyclic) bond motifs is 1. The number of allylic oxidation sites excluding steroid dienone is 1. The molecule has 7 nitrogen and oxygen atoms in total. The van der Waals surface area contributed by atoms with Crippen LogP contribution in [0.4, 0.5) is 0 Å². The Morgan fingerprint density at radius 2 is 2.00 bits per heavy atom. The molecule has 2 aromatic carbocycles. The second-order valence-corrected chi connectivity index (χ2v) is 10.4. The number of esters is 1. The number of carbonyl (C=O) groups excluding carboxylic acids is 1. The van der Waals surface area contributed by atoms with Crippen LogP contribution in [0.15, 0.2) is 57.5 Å². The van der Waals surface area contributed by atoms with Crippen molar-refractivity contribution in [2.24, 2.45) is 4.99 Å². The Kier molecular flexibility index (Phi) is 8.21. The number of hydrogen-bond donors (Lipinski definition) is 0. The summed E-state index contributed by atoms with van der Waals surface area (Å²) in [5.74, 6) is 0.716. The fourth-order valence-electron chi connectivity index (χ4n) is 4.04. The van der Waals surface area contributed by atoms with E-state index in [9.17, 15) is 9.59 Å². The summed E-state index contributed by atoms with van der Waals surface area (Å²) in [5.41, 5.74) is 1.91. The molecule has 0 aliphatic carbocycles. The zero-order valence-electron chi connectivity index (χ0n) is 20.1. The smallest absolute Gasteiger partial charge is 0.338 e. The van der Waals surface area contributed by atoms with Gasteiger partial charge in [0.1, 0.15) is 6.04 Å². The third-order valence-corrected chi connectivity index (χ3v) is 7.68. The van der Waals surface area contributed by atoms with Crippen LogP contribution in [-0.4, -0.2) is 30.9 Å². The normalized spacial score (nSPS) is 15.4. The van der Waals surface area contributed by atoms with Crippen molar-refractivity contribution in [2.75, 3.05) is 20.3 Å². The van der Waals surface area contributed by atoms with Gasteiger partial charge < -0.3 is 14.2 Å². The zero-order valence-corrected chi connectivity index (χ0v) is 23.9. The lowest BCUT2D eigenvalue weighted by Gasteiger charge is -2.25. The molecule has 36 heavy (non-hydrogen) atoms. The molecule has 0 fully saturated rings. The SMILES string of the molecule is CCOC(=O)C1=C(C)N=c2s/c(=C\c3cc(I)c(OCC)c(OC)c3)c(=O)n2[C@@H]1c1ccccc1Cl. The van der Waals surface area contributed by atoms with E-state index in [1.165, 1.54) is 15.9 Å². The van der Waals surface area contributed by atoms with E-state index in [2.05, 4.69) is 27.6 Å². The van der Waals surface area contributed by atoms with Crippen LogP contribution in [0.5, 0.6) is 11.5 Å². The number of nitrogens with zero attached hydrogens (tertiary/aromatic N) is 2. The number of methoxy groups -OCH3 is 1. The van der Waals surface area contributed by atoms with Gasteiger partial charge in [-0.1, -0.05) is 41.1 Å². The van der Waals surface area contributed by atoms with E-state index >= 15 is 0 Å². The van der Waals surface area contributed by atoms with Gasteiger partial charge in [0.2, 0.25) is 0 Å². The summed E-state index contributed by atoms with van der Waals surface area (Å²) in [4.78, 5) is 31.8. The second-order valence-electron chi connectivity index (χ2n) is 7.79. The first kappa shape index (κ1) is 26.4. The quantitative estimate of drug-likeness (QED) is 0.282. The Balaban J connectivity index is 1.94. The topological polar surface area (TPSA) is 79.1 Å². The zero-order chi connectivity index (χ0) is 26.0. The molecule has 1 aliphatic rings. The van der Waals surface area contributed by atoms with Crippen molar-refractivity contribution in [1.29, 1.82) is 0 Å². The minimum Gasteiger partial charge on any atom is -0.493 e. The average molecular weight is 639 g/mol. The van der Waals surface area contributed by atoms with Gasteiger partial charge in [-0.3, -0.25) is 9.36 Å². The summed E-state index contributed by atoms with van der Waals surface area (Å²) in [5, 5.41) is 0.444.